The van der Waals surface area contributed by atoms with Gasteiger partial charge in [-0.3, -0.25) is 10.7 Å². The Morgan fingerprint density at radius 1 is 0.923 bits per heavy atom. The Labute approximate surface area is 157 Å². The van der Waals surface area contributed by atoms with Crippen molar-refractivity contribution in [2.45, 2.75) is 39.0 Å². The zero-order valence-corrected chi connectivity index (χ0v) is 16.5. The third kappa shape index (κ3) is 5.01. The van der Waals surface area contributed by atoms with Crippen LogP contribution in [0, 0.1) is 0 Å². The smallest absolute Gasteiger partial charge is 0.247 e. The van der Waals surface area contributed by atoms with Crippen molar-refractivity contribution in [3.05, 3.63) is 59.2 Å². The third-order valence-electron chi connectivity index (χ3n) is 4.76. The standard InChI is InChI=1S/C22H30N2O2/c1-15(2)18-7-9-19(10-8-18)16(3)22(23)24-13-12-17-6-11-20(25-4)21(14-17)26-5/h6-11,14-16H,12-13H2,1-5H3,(H2,23,24)/p+1. The van der Waals surface area contributed by atoms with Gasteiger partial charge in [0.2, 0.25) is 5.84 Å². The normalized spacial score (nSPS) is 12.9. The summed E-state index contributed by atoms with van der Waals surface area (Å²) >= 11 is 0. The Hall–Kier alpha value is -2.49. The van der Waals surface area contributed by atoms with E-state index >= 15 is 0 Å². The number of benzene rings is 2. The molecular formula is C22H31N2O2+. The molecule has 0 spiro atoms. The predicted octanol–water partition coefficient (Wildman–Crippen LogP) is 2.61. The van der Waals surface area contributed by atoms with E-state index in [0.717, 1.165) is 30.3 Å². The monoisotopic (exact) mass is 355 g/mol. The number of amidine groups is 1. The largest absolute Gasteiger partial charge is 0.493 e. The molecule has 0 aliphatic rings. The first-order chi connectivity index (χ1) is 12.5. The van der Waals surface area contributed by atoms with E-state index < -0.39 is 0 Å². The highest BCUT2D eigenvalue weighted by molar-refractivity contribution is 5.81. The first-order valence-corrected chi connectivity index (χ1v) is 9.13. The van der Waals surface area contributed by atoms with Gasteiger partial charge in [-0.05, 0) is 41.7 Å². The summed E-state index contributed by atoms with van der Waals surface area (Å²) in [5.41, 5.74) is 10.0. The number of rotatable bonds is 8. The molecule has 2 aromatic carbocycles. The van der Waals surface area contributed by atoms with Gasteiger partial charge in [0, 0.05) is 6.42 Å². The van der Waals surface area contributed by atoms with Crippen molar-refractivity contribution in [3.63, 3.8) is 0 Å². The second-order valence-corrected chi connectivity index (χ2v) is 6.86. The van der Waals surface area contributed by atoms with Gasteiger partial charge in [-0.2, -0.15) is 0 Å². The molecule has 1 unspecified atom stereocenters. The molecule has 0 aliphatic heterocycles. The molecule has 0 amide bonds. The summed E-state index contributed by atoms with van der Waals surface area (Å²) in [6, 6.07) is 14.7. The van der Waals surface area contributed by atoms with Crippen molar-refractivity contribution in [3.8, 4) is 11.5 Å². The minimum absolute atomic E-state index is 0.168. The van der Waals surface area contributed by atoms with Crippen LogP contribution in [0.15, 0.2) is 42.5 Å². The highest BCUT2D eigenvalue weighted by atomic mass is 16.5. The summed E-state index contributed by atoms with van der Waals surface area (Å²) in [5, 5.41) is 0. The van der Waals surface area contributed by atoms with Crippen molar-refractivity contribution < 1.29 is 14.5 Å². The number of nitrogens with one attached hydrogen (secondary N) is 1. The molecular weight excluding hydrogens is 324 g/mol. The van der Waals surface area contributed by atoms with Gasteiger partial charge in [-0.25, -0.2) is 0 Å². The molecule has 2 rings (SSSR count). The molecule has 1 atom stereocenters. The van der Waals surface area contributed by atoms with E-state index in [1.165, 1.54) is 16.7 Å². The molecule has 2 aromatic rings. The summed E-state index contributed by atoms with van der Waals surface area (Å²) in [6.45, 7) is 7.31. The average molecular weight is 356 g/mol. The van der Waals surface area contributed by atoms with E-state index in [9.17, 15) is 0 Å². The number of hydrogen-bond donors (Lipinski definition) is 2. The van der Waals surface area contributed by atoms with Crippen molar-refractivity contribution in [2.24, 2.45) is 5.73 Å². The van der Waals surface area contributed by atoms with Crippen molar-refractivity contribution in [1.82, 2.24) is 0 Å². The van der Waals surface area contributed by atoms with E-state index in [1.54, 1.807) is 14.2 Å². The lowest BCUT2D eigenvalue weighted by molar-refractivity contribution is -0.459. The van der Waals surface area contributed by atoms with E-state index in [2.05, 4.69) is 50.0 Å². The van der Waals surface area contributed by atoms with Crippen LogP contribution in [0.25, 0.3) is 0 Å². The van der Waals surface area contributed by atoms with Crippen LogP contribution in [0.2, 0.25) is 0 Å². The molecule has 0 radical (unpaired) electrons. The Balaban J connectivity index is 1.99. The summed E-state index contributed by atoms with van der Waals surface area (Å²) in [4.78, 5) is 3.36. The number of nitrogens with two attached hydrogens (primary N) is 1. The molecule has 4 heteroatoms. The number of methoxy groups -OCH3 is 2. The molecule has 0 aliphatic carbocycles. The van der Waals surface area contributed by atoms with E-state index in [0.29, 0.717) is 5.92 Å². The Kier molecular flexibility index (Phi) is 7.07. The summed E-state index contributed by atoms with van der Waals surface area (Å²) < 4.78 is 10.6. The van der Waals surface area contributed by atoms with Gasteiger partial charge in [0.25, 0.3) is 0 Å². The van der Waals surface area contributed by atoms with Gasteiger partial charge in [0.05, 0.1) is 26.7 Å². The van der Waals surface area contributed by atoms with Crippen LogP contribution in [0.5, 0.6) is 11.5 Å². The highest BCUT2D eigenvalue weighted by Crippen LogP contribution is 2.27. The van der Waals surface area contributed by atoms with Crippen LogP contribution in [-0.2, 0) is 6.42 Å². The molecule has 140 valence electrons. The van der Waals surface area contributed by atoms with Crippen molar-refractivity contribution in [2.75, 3.05) is 20.8 Å². The molecule has 0 heterocycles. The summed E-state index contributed by atoms with van der Waals surface area (Å²) in [7, 11) is 3.29. The lowest BCUT2D eigenvalue weighted by Gasteiger charge is -2.11. The van der Waals surface area contributed by atoms with E-state index in [4.69, 9.17) is 15.2 Å². The lowest BCUT2D eigenvalue weighted by atomic mass is 9.95. The van der Waals surface area contributed by atoms with E-state index in [-0.39, 0.29) is 5.92 Å². The first kappa shape index (κ1) is 19.8. The maximum Gasteiger partial charge on any atom is 0.247 e. The molecule has 26 heavy (non-hydrogen) atoms. The predicted molar refractivity (Wildman–Crippen MR) is 107 cm³/mol. The zero-order valence-electron chi connectivity index (χ0n) is 16.5. The summed E-state index contributed by atoms with van der Waals surface area (Å²) in [6.07, 6.45) is 0.861. The quantitative estimate of drug-likeness (QED) is 0.565. The van der Waals surface area contributed by atoms with Crippen LogP contribution in [0.4, 0.5) is 0 Å². The van der Waals surface area contributed by atoms with Gasteiger partial charge in [-0.1, -0.05) is 44.2 Å². The van der Waals surface area contributed by atoms with Gasteiger partial charge < -0.3 is 9.47 Å². The molecule has 0 saturated carbocycles. The first-order valence-electron chi connectivity index (χ1n) is 9.13. The van der Waals surface area contributed by atoms with Crippen LogP contribution in [-0.4, -0.2) is 26.6 Å². The fourth-order valence-electron chi connectivity index (χ4n) is 2.89. The second-order valence-electron chi connectivity index (χ2n) is 6.86. The molecule has 3 N–H and O–H groups in total. The fourth-order valence-corrected chi connectivity index (χ4v) is 2.89. The average Bonchev–Trinajstić information content (AvgIpc) is 2.67. The van der Waals surface area contributed by atoms with Crippen LogP contribution in [0.1, 0.15) is 49.3 Å². The second kappa shape index (κ2) is 9.27. The molecule has 0 fully saturated rings. The Morgan fingerprint density at radius 3 is 2.12 bits per heavy atom. The molecule has 0 bridgehead atoms. The Morgan fingerprint density at radius 2 is 1.54 bits per heavy atom. The van der Waals surface area contributed by atoms with Gasteiger partial charge >= 0.3 is 0 Å². The van der Waals surface area contributed by atoms with E-state index in [1.807, 2.05) is 18.2 Å². The SMILES string of the molecule is COc1ccc(CC[NH+]=C(N)C(C)c2ccc(C(C)C)cc2)cc1OC. The fraction of sp³-hybridized carbons (Fsp3) is 0.409. The minimum atomic E-state index is 0.168. The molecule has 4 nitrogen and oxygen atoms in total. The van der Waals surface area contributed by atoms with Crippen LogP contribution >= 0.6 is 0 Å². The highest BCUT2D eigenvalue weighted by Gasteiger charge is 2.15. The van der Waals surface area contributed by atoms with Crippen LogP contribution < -0.4 is 20.2 Å². The third-order valence-corrected chi connectivity index (χ3v) is 4.76. The van der Waals surface area contributed by atoms with Gasteiger partial charge in [-0.15, -0.1) is 0 Å². The minimum Gasteiger partial charge on any atom is -0.493 e. The van der Waals surface area contributed by atoms with Gasteiger partial charge in [0.15, 0.2) is 11.5 Å². The molecule has 0 aromatic heterocycles. The number of ether oxygens (including phenoxy) is 2. The maximum absolute atomic E-state index is 6.27. The Bertz CT molecular complexity index is 736. The van der Waals surface area contributed by atoms with Crippen LogP contribution in [0.3, 0.4) is 0 Å². The van der Waals surface area contributed by atoms with Gasteiger partial charge in [0.1, 0.15) is 0 Å². The number of hydrogen-bond acceptors (Lipinski definition) is 2. The van der Waals surface area contributed by atoms with Crippen molar-refractivity contribution >= 4 is 5.84 Å². The van der Waals surface area contributed by atoms with Crippen molar-refractivity contribution in [1.29, 1.82) is 0 Å². The maximum atomic E-state index is 6.27. The summed E-state index contributed by atoms with van der Waals surface area (Å²) in [5.74, 6) is 3.00. The zero-order chi connectivity index (χ0) is 19.1. The lowest BCUT2D eigenvalue weighted by Crippen LogP contribution is -2.77. The topological polar surface area (TPSA) is 58.5 Å². The molecule has 0 saturated heterocycles.